The molecule has 27 heavy (non-hydrogen) atoms. The van der Waals surface area contributed by atoms with E-state index in [1.165, 1.54) is 19.4 Å². The van der Waals surface area contributed by atoms with Gasteiger partial charge in [0.25, 0.3) is 0 Å². The molecule has 0 bridgehead atoms. The first-order valence-electron chi connectivity index (χ1n) is 9.60. The van der Waals surface area contributed by atoms with Crippen LogP contribution in [0.4, 0.5) is 0 Å². The van der Waals surface area contributed by atoms with Crippen LogP contribution in [0.25, 0.3) is 11.0 Å². The standard InChI is InChI=1S/C23H25NO3/c1-16-6-5-12-24(16)13-11-19-15-18-14-17(9-10-21(18)27-19)23(25)20-7-3-4-8-22(20)26-2/h3-4,7-10,14-16H,5-6,11-13H2,1-2H3/t16-/m1/s1. The Morgan fingerprint density at radius 1 is 1.22 bits per heavy atom. The van der Waals surface area contributed by atoms with Gasteiger partial charge in [-0.05, 0) is 62.7 Å². The number of ketones is 1. The highest BCUT2D eigenvalue weighted by molar-refractivity contribution is 6.12. The second kappa shape index (κ2) is 7.57. The van der Waals surface area contributed by atoms with Gasteiger partial charge in [0.15, 0.2) is 5.78 Å². The van der Waals surface area contributed by atoms with Crippen molar-refractivity contribution in [3.05, 3.63) is 65.4 Å². The molecule has 0 spiro atoms. The molecular weight excluding hydrogens is 338 g/mol. The molecule has 0 N–H and O–H groups in total. The smallest absolute Gasteiger partial charge is 0.196 e. The fraction of sp³-hybridized carbons (Fsp3) is 0.348. The second-order valence-corrected chi connectivity index (χ2v) is 7.27. The molecule has 0 radical (unpaired) electrons. The van der Waals surface area contributed by atoms with Gasteiger partial charge in [-0.15, -0.1) is 0 Å². The minimum Gasteiger partial charge on any atom is -0.496 e. The molecule has 4 nitrogen and oxygen atoms in total. The summed E-state index contributed by atoms with van der Waals surface area (Å²) in [5.74, 6) is 1.53. The molecule has 3 aromatic rings. The summed E-state index contributed by atoms with van der Waals surface area (Å²) in [5.41, 5.74) is 2.05. The fourth-order valence-electron chi connectivity index (χ4n) is 3.93. The number of carbonyl (C=O) groups excluding carboxylic acids is 1. The largest absolute Gasteiger partial charge is 0.496 e. The Bertz CT molecular complexity index is 959. The average molecular weight is 363 g/mol. The number of methoxy groups -OCH3 is 1. The Balaban J connectivity index is 1.54. The van der Waals surface area contributed by atoms with Gasteiger partial charge >= 0.3 is 0 Å². The number of fused-ring (bicyclic) bond motifs is 1. The number of ether oxygens (including phenoxy) is 1. The van der Waals surface area contributed by atoms with Crippen molar-refractivity contribution >= 4 is 16.8 Å². The predicted octanol–water partition coefficient (Wildman–Crippen LogP) is 4.70. The SMILES string of the molecule is COc1ccccc1C(=O)c1ccc2oc(CCN3CCC[C@H]3C)cc2c1. The predicted molar refractivity (Wildman–Crippen MR) is 107 cm³/mol. The van der Waals surface area contributed by atoms with Gasteiger partial charge in [0.1, 0.15) is 17.1 Å². The lowest BCUT2D eigenvalue weighted by atomic mass is 10.0. The summed E-state index contributed by atoms with van der Waals surface area (Å²) in [4.78, 5) is 15.4. The van der Waals surface area contributed by atoms with E-state index in [1.54, 1.807) is 19.2 Å². The molecule has 1 aliphatic rings. The molecule has 2 heterocycles. The third kappa shape index (κ3) is 3.62. The van der Waals surface area contributed by atoms with E-state index in [0.29, 0.717) is 22.9 Å². The first-order chi connectivity index (χ1) is 13.2. The average Bonchev–Trinajstić information content (AvgIpc) is 3.30. The maximum absolute atomic E-state index is 12.9. The number of likely N-dealkylation sites (tertiary alicyclic amines) is 1. The lowest BCUT2D eigenvalue weighted by Gasteiger charge is -2.19. The maximum Gasteiger partial charge on any atom is 0.196 e. The zero-order valence-electron chi connectivity index (χ0n) is 15.9. The molecule has 4 heteroatoms. The zero-order chi connectivity index (χ0) is 18.8. The van der Waals surface area contributed by atoms with E-state index in [1.807, 2.05) is 30.3 Å². The van der Waals surface area contributed by atoms with Crippen molar-refractivity contribution in [2.75, 3.05) is 20.2 Å². The van der Waals surface area contributed by atoms with Gasteiger partial charge in [0.05, 0.1) is 12.7 Å². The van der Waals surface area contributed by atoms with Crippen LogP contribution in [0.3, 0.4) is 0 Å². The topological polar surface area (TPSA) is 42.7 Å². The number of nitrogens with zero attached hydrogens (tertiary/aromatic N) is 1. The molecule has 0 aliphatic carbocycles. The van der Waals surface area contributed by atoms with E-state index >= 15 is 0 Å². The fourth-order valence-corrected chi connectivity index (χ4v) is 3.93. The molecule has 1 aromatic heterocycles. The minimum absolute atomic E-state index is 0.0389. The Morgan fingerprint density at radius 3 is 2.85 bits per heavy atom. The number of rotatable bonds is 6. The van der Waals surface area contributed by atoms with Crippen molar-refractivity contribution < 1.29 is 13.9 Å². The van der Waals surface area contributed by atoms with E-state index < -0.39 is 0 Å². The van der Waals surface area contributed by atoms with Crippen LogP contribution in [0.15, 0.2) is 52.9 Å². The van der Waals surface area contributed by atoms with Gasteiger partial charge in [-0.25, -0.2) is 0 Å². The molecule has 140 valence electrons. The van der Waals surface area contributed by atoms with Crippen LogP contribution < -0.4 is 4.74 Å². The number of hydrogen-bond acceptors (Lipinski definition) is 4. The number of carbonyl (C=O) groups is 1. The summed E-state index contributed by atoms with van der Waals surface area (Å²) in [7, 11) is 1.58. The quantitative estimate of drug-likeness (QED) is 0.596. The van der Waals surface area contributed by atoms with Crippen LogP contribution in [-0.2, 0) is 6.42 Å². The summed E-state index contributed by atoms with van der Waals surface area (Å²) in [6.45, 7) is 4.49. The van der Waals surface area contributed by atoms with Crippen LogP contribution in [0.5, 0.6) is 5.75 Å². The van der Waals surface area contributed by atoms with Crippen LogP contribution in [0, 0.1) is 0 Å². The Kier molecular flexibility index (Phi) is 4.99. The third-order valence-electron chi connectivity index (χ3n) is 5.52. The highest BCUT2D eigenvalue weighted by Crippen LogP contribution is 2.26. The maximum atomic E-state index is 12.9. The van der Waals surface area contributed by atoms with Gasteiger partial charge in [0.2, 0.25) is 0 Å². The number of benzene rings is 2. The van der Waals surface area contributed by atoms with Crippen LogP contribution in [0.2, 0.25) is 0 Å². The summed E-state index contributed by atoms with van der Waals surface area (Å²) < 4.78 is 11.3. The lowest BCUT2D eigenvalue weighted by molar-refractivity contribution is 0.103. The van der Waals surface area contributed by atoms with Gasteiger partial charge in [0, 0.05) is 30.0 Å². The number of furan rings is 1. The third-order valence-corrected chi connectivity index (χ3v) is 5.52. The van der Waals surface area contributed by atoms with E-state index in [9.17, 15) is 4.79 Å². The Morgan fingerprint density at radius 2 is 2.07 bits per heavy atom. The van der Waals surface area contributed by atoms with E-state index in [2.05, 4.69) is 17.9 Å². The Labute approximate surface area is 159 Å². The molecule has 4 rings (SSSR count). The number of hydrogen-bond donors (Lipinski definition) is 0. The summed E-state index contributed by atoms with van der Waals surface area (Å²) in [5, 5.41) is 0.972. The van der Waals surface area contributed by atoms with Crippen molar-refractivity contribution in [2.45, 2.75) is 32.2 Å². The molecular formula is C23H25NO3. The van der Waals surface area contributed by atoms with Crippen LogP contribution in [0.1, 0.15) is 41.4 Å². The summed E-state index contributed by atoms with van der Waals surface area (Å²) in [6, 6.07) is 15.7. The first-order valence-corrected chi connectivity index (χ1v) is 9.60. The van der Waals surface area contributed by atoms with Crippen LogP contribution in [-0.4, -0.2) is 36.9 Å². The zero-order valence-corrected chi connectivity index (χ0v) is 15.9. The normalized spacial score (nSPS) is 17.5. The molecule has 0 unspecified atom stereocenters. The van der Waals surface area contributed by atoms with Crippen molar-refractivity contribution in [2.24, 2.45) is 0 Å². The first kappa shape index (κ1) is 17.8. The van der Waals surface area contributed by atoms with Gasteiger partial charge < -0.3 is 14.1 Å². The highest BCUT2D eigenvalue weighted by Gasteiger charge is 2.20. The van der Waals surface area contributed by atoms with Crippen molar-refractivity contribution in [1.29, 1.82) is 0 Å². The molecule has 2 aromatic carbocycles. The number of para-hydroxylation sites is 1. The van der Waals surface area contributed by atoms with E-state index in [4.69, 9.17) is 9.15 Å². The molecule has 1 atom stereocenters. The lowest BCUT2D eigenvalue weighted by Crippen LogP contribution is -2.28. The summed E-state index contributed by atoms with van der Waals surface area (Å²) >= 11 is 0. The van der Waals surface area contributed by atoms with Gasteiger partial charge in [-0.3, -0.25) is 4.79 Å². The summed E-state index contributed by atoms with van der Waals surface area (Å²) in [6.07, 6.45) is 3.47. The highest BCUT2D eigenvalue weighted by atomic mass is 16.5. The molecule has 1 aliphatic heterocycles. The molecule has 1 saturated heterocycles. The minimum atomic E-state index is -0.0389. The Hall–Kier alpha value is -2.59. The molecule has 1 fully saturated rings. The second-order valence-electron chi connectivity index (χ2n) is 7.27. The van der Waals surface area contributed by atoms with Crippen molar-refractivity contribution in [3.63, 3.8) is 0 Å². The van der Waals surface area contributed by atoms with E-state index in [0.717, 1.165) is 29.7 Å². The van der Waals surface area contributed by atoms with Gasteiger partial charge in [-0.1, -0.05) is 12.1 Å². The molecule has 0 amide bonds. The molecule has 0 saturated carbocycles. The van der Waals surface area contributed by atoms with Crippen LogP contribution >= 0.6 is 0 Å². The van der Waals surface area contributed by atoms with Crippen molar-refractivity contribution in [3.8, 4) is 5.75 Å². The van der Waals surface area contributed by atoms with Crippen molar-refractivity contribution in [1.82, 2.24) is 4.90 Å². The monoisotopic (exact) mass is 363 g/mol. The van der Waals surface area contributed by atoms with Gasteiger partial charge in [-0.2, -0.15) is 0 Å². The van der Waals surface area contributed by atoms with E-state index in [-0.39, 0.29) is 5.78 Å².